The molecule has 1 aromatic rings. The van der Waals surface area contributed by atoms with Crippen LogP contribution in [0.1, 0.15) is 33.3 Å². The number of benzene rings is 1. The fourth-order valence-electron chi connectivity index (χ4n) is 2.12. The van der Waals surface area contributed by atoms with Crippen LogP contribution in [0.4, 0.5) is 0 Å². The molecule has 0 aliphatic heterocycles. The molecule has 5 heteroatoms. The zero-order chi connectivity index (χ0) is 14.8. The Morgan fingerprint density at radius 2 is 1.35 bits per heavy atom. The lowest BCUT2D eigenvalue weighted by atomic mass is 10.2. The smallest absolute Gasteiger partial charge is 0.494 e. The Kier molecular flexibility index (Phi) is 7.83. The molecular formula is C15H26O4Si. The van der Waals surface area contributed by atoms with E-state index in [2.05, 4.69) is 0 Å². The molecule has 0 aromatic heterocycles. The van der Waals surface area contributed by atoms with Crippen LogP contribution in [0.25, 0.3) is 0 Å². The van der Waals surface area contributed by atoms with Crippen molar-refractivity contribution in [3.8, 4) is 5.75 Å². The number of rotatable bonds is 10. The maximum Gasteiger partial charge on any atom is 0.505 e. The molecule has 0 spiro atoms. The third kappa shape index (κ3) is 4.90. The zero-order valence-electron chi connectivity index (χ0n) is 13.0. The molecule has 0 bridgehead atoms. The number of para-hydroxylation sites is 1. The molecule has 0 N–H and O–H groups in total. The molecule has 0 unspecified atom stereocenters. The zero-order valence-corrected chi connectivity index (χ0v) is 14.0. The van der Waals surface area contributed by atoms with Gasteiger partial charge in [-0.2, -0.15) is 0 Å². The van der Waals surface area contributed by atoms with Crippen LogP contribution >= 0.6 is 0 Å². The highest BCUT2D eigenvalue weighted by Gasteiger charge is 2.41. The lowest BCUT2D eigenvalue weighted by Gasteiger charge is -2.29. The van der Waals surface area contributed by atoms with Crippen LogP contribution in [0, 0.1) is 0 Å². The first kappa shape index (κ1) is 17.2. The summed E-state index contributed by atoms with van der Waals surface area (Å²) >= 11 is 0. The van der Waals surface area contributed by atoms with Crippen molar-refractivity contribution in [1.82, 2.24) is 0 Å². The predicted octanol–water partition coefficient (Wildman–Crippen LogP) is 3.22. The Morgan fingerprint density at radius 1 is 0.800 bits per heavy atom. The van der Waals surface area contributed by atoms with Gasteiger partial charge < -0.3 is 18.0 Å². The van der Waals surface area contributed by atoms with E-state index in [0.717, 1.165) is 11.3 Å². The molecule has 0 saturated heterocycles. The van der Waals surface area contributed by atoms with E-state index in [4.69, 9.17) is 18.0 Å². The van der Waals surface area contributed by atoms with Crippen LogP contribution in [0.3, 0.4) is 0 Å². The first-order valence-corrected chi connectivity index (χ1v) is 9.27. The van der Waals surface area contributed by atoms with E-state index < -0.39 is 8.80 Å². The van der Waals surface area contributed by atoms with Gasteiger partial charge in [-0.3, -0.25) is 0 Å². The summed E-state index contributed by atoms with van der Waals surface area (Å²) in [6.07, 6.45) is 0. The summed E-state index contributed by atoms with van der Waals surface area (Å²) in [5.74, 6) is 0.881. The summed E-state index contributed by atoms with van der Waals surface area (Å²) in [7, 11) is -2.68. The average molecular weight is 298 g/mol. The molecule has 0 amide bonds. The van der Waals surface area contributed by atoms with Crippen molar-refractivity contribution < 1.29 is 18.0 Å². The molecule has 4 nitrogen and oxygen atoms in total. The molecule has 0 aliphatic carbocycles. The summed E-state index contributed by atoms with van der Waals surface area (Å²) in [5, 5.41) is 0. The van der Waals surface area contributed by atoms with E-state index in [-0.39, 0.29) is 0 Å². The van der Waals surface area contributed by atoms with Gasteiger partial charge in [0, 0.05) is 25.9 Å². The summed E-state index contributed by atoms with van der Waals surface area (Å²) in [4.78, 5) is 0. The van der Waals surface area contributed by atoms with Gasteiger partial charge in [-0.05, 0) is 39.3 Å². The monoisotopic (exact) mass is 298 g/mol. The summed E-state index contributed by atoms with van der Waals surface area (Å²) in [6, 6.07) is 8.63. The molecule has 1 rings (SSSR count). The predicted molar refractivity (Wildman–Crippen MR) is 81.9 cm³/mol. The Bertz CT molecular complexity index is 367. The van der Waals surface area contributed by atoms with Gasteiger partial charge in [-0.15, -0.1) is 0 Å². The lowest BCUT2D eigenvalue weighted by Crippen LogP contribution is -2.48. The van der Waals surface area contributed by atoms with Crippen molar-refractivity contribution in [2.24, 2.45) is 0 Å². The fraction of sp³-hybridized carbons (Fsp3) is 0.600. The molecule has 0 radical (unpaired) electrons. The minimum atomic E-state index is -2.68. The second-order valence-corrected chi connectivity index (χ2v) is 6.79. The SMILES string of the molecule is CCOc1ccccc1C[Si](OCC)(OCC)OCC. The van der Waals surface area contributed by atoms with Gasteiger partial charge in [0.25, 0.3) is 0 Å². The van der Waals surface area contributed by atoms with Crippen molar-refractivity contribution >= 4 is 8.80 Å². The van der Waals surface area contributed by atoms with Gasteiger partial charge in [0.2, 0.25) is 0 Å². The first-order valence-electron chi connectivity index (χ1n) is 7.33. The molecular weight excluding hydrogens is 272 g/mol. The Balaban J connectivity index is 2.98. The molecule has 0 fully saturated rings. The van der Waals surface area contributed by atoms with E-state index in [1.807, 2.05) is 52.0 Å². The minimum Gasteiger partial charge on any atom is -0.494 e. The van der Waals surface area contributed by atoms with Gasteiger partial charge >= 0.3 is 8.80 Å². The number of hydrogen-bond acceptors (Lipinski definition) is 4. The average Bonchev–Trinajstić information content (AvgIpc) is 2.42. The van der Waals surface area contributed by atoms with Gasteiger partial charge in [0.05, 0.1) is 6.61 Å². The third-order valence-electron chi connectivity index (χ3n) is 2.77. The van der Waals surface area contributed by atoms with Crippen LogP contribution < -0.4 is 4.74 Å². The highest BCUT2D eigenvalue weighted by molar-refractivity contribution is 6.60. The van der Waals surface area contributed by atoms with Crippen LogP contribution in [-0.2, 0) is 19.3 Å². The van der Waals surface area contributed by atoms with E-state index in [9.17, 15) is 0 Å². The summed E-state index contributed by atoms with van der Waals surface area (Å²) in [6.45, 7) is 10.3. The third-order valence-corrected chi connectivity index (χ3v) is 5.77. The van der Waals surface area contributed by atoms with E-state index in [1.165, 1.54) is 0 Å². The fourth-order valence-corrected chi connectivity index (χ4v) is 4.75. The largest absolute Gasteiger partial charge is 0.505 e. The number of ether oxygens (including phenoxy) is 1. The molecule has 20 heavy (non-hydrogen) atoms. The van der Waals surface area contributed by atoms with Gasteiger partial charge in [0.15, 0.2) is 0 Å². The maximum atomic E-state index is 5.89. The maximum absolute atomic E-state index is 5.89. The standard InChI is InChI=1S/C15H26O4Si/c1-5-16-15-12-10-9-11-14(15)13-20(17-6-2,18-7-3)19-8-4/h9-12H,5-8,13H2,1-4H3. The molecule has 0 aliphatic rings. The van der Waals surface area contributed by atoms with E-state index >= 15 is 0 Å². The van der Waals surface area contributed by atoms with Crippen molar-refractivity contribution in [3.05, 3.63) is 29.8 Å². The first-order chi connectivity index (χ1) is 9.71. The Morgan fingerprint density at radius 3 is 1.85 bits per heavy atom. The second kappa shape index (κ2) is 9.13. The van der Waals surface area contributed by atoms with Crippen molar-refractivity contribution in [2.75, 3.05) is 26.4 Å². The summed E-state index contributed by atoms with van der Waals surface area (Å²) < 4.78 is 23.3. The van der Waals surface area contributed by atoms with Crippen LogP contribution in [0.2, 0.25) is 0 Å². The molecule has 0 saturated carbocycles. The highest BCUT2D eigenvalue weighted by atomic mass is 28.4. The quantitative estimate of drug-likeness (QED) is 0.622. The van der Waals surface area contributed by atoms with Gasteiger partial charge in [-0.25, -0.2) is 0 Å². The van der Waals surface area contributed by atoms with Crippen molar-refractivity contribution in [1.29, 1.82) is 0 Å². The van der Waals surface area contributed by atoms with Crippen molar-refractivity contribution in [2.45, 2.75) is 33.7 Å². The minimum absolute atomic E-state index is 0.586. The molecule has 0 heterocycles. The van der Waals surface area contributed by atoms with E-state index in [1.54, 1.807) is 0 Å². The topological polar surface area (TPSA) is 36.9 Å². The van der Waals surface area contributed by atoms with Crippen molar-refractivity contribution in [3.63, 3.8) is 0 Å². The Labute approximate surface area is 123 Å². The molecule has 0 atom stereocenters. The lowest BCUT2D eigenvalue weighted by molar-refractivity contribution is 0.0701. The molecule has 1 aromatic carbocycles. The molecule has 114 valence electrons. The number of hydrogen-bond donors (Lipinski definition) is 0. The second-order valence-electron chi connectivity index (χ2n) is 4.20. The summed E-state index contributed by atoms with van der Waals surface area (Å²) in [5.41, 5.74) is 1.08. The normalized spacial score (nSPS) is 11.6. The van der Waals surface area contributed by atoms with Gasteiger partial charge in [-0.1, -0.05) is 18.2 Å². The highest BCUT2D eigenvalue weighted by Crippen LogP contribution is 2.24. The van der Waals surface area contributed by atoms with Crippen LogP contribution in [0.5, 0.6) is 5.75 Å². The Hall–Kier alpha value is -0.883. The van der Waals surface area contributed by atoms with Crippen LogP contribution in [0.15, 0.2) is 24.3 Å². The van der Waals surface area contributed by atoms with Gasteiger partial charge in [0.1, 0.15) is 5.75 Å². The van der Waals surface area contributed by atoms with Crippen LogP contribution in [-0.4, -0.2) is 35.2 Å². The van der Waals surface area contributed by atoms with E-state index in [0.29, 0.717) is 32.5 Å².